The van der Waals surface area contributed by atoms with Crippen LogP contribution in [0.5, 0.6) is 0 Å². The Morgan fingerprint density at radius 3 is 3.07 bits per heavy atom. The lowest BCUT2D eigenvalue weighted by atomic mass is 10.00. The lowest BCUT2D eigenvalue weighted by molar-refractivity contribution is 0.177. The summed E-state index contributed by atoms with van der Waals surface area (Å²) in [6.45, 7) is 5.99. The Bertz CT molecular complexity index is 892. The number of hydrogen-bond acceptors (Lipinski definition) is 5. The molecule has 2 aromatic rings. The maximum atomic E-state index is 5.16. The van der Waals surface area contributed by atoms with Gasteiger partial charge < -0.3 is 20.3 Å². The molecule has 0 radical (unpaired) electrons. The molecule has 1 unspecified atom stereocenters. The van der Waals surface area contributed by atoms with Crippen LogP contribution >= 0.6 is 0 Å². The second kappa shape index (κ2) is 9.47. The first-order valence-electron chi connectivity index (χ1n) is 11.0. The lowest BCUT2D eigenvalue weighted by Crippen LogP contribution is -2.47. The van der Waals surface area contributed by atoms with Gasteiger partial charge in [0.05, 0.1) is 13.1 Å². The molecule has 2 N–H and O–H groups in total. The van der Waals surface area contributed by atoms with Gasteiger partial charge in [0.2, 0.25) is 0 Å². The minimum Gasteiger partial charge on any atom is -0.377 e. The normalized spacial score (nSPS) is 18.7. The van der Waals surface area contributed by atoms with E-state index in [9.17, 15) is 0 Å². The van der Waals surface area contributed by atoms with Gasteiger partial charge >= 0.3 is 0 Å². The van der Waals surface area contributed by atoms with Crippen molar-refractivity contribution in [1.29, 1.82) is 0 Å². The highest BCUT2D eigenvalue weighted by atomic mass is 16.5. The number of rotatable bonds is 6. The molecule has 1 aromatic carbocycles. The van der Waals surface area contributed by atoms with Gasteiger partial charge in [0.15, 0.2) is 11.8 Å². The van der Waals surface area contributed by atoms with E-state index in [0.717, 1.165) is 56.5 Å². The van der Waals surface area contributed by atoms with Crippen LogP contribution in [0, 0.1) is 0 Å². The van der Waals surface area contributed by atoms with Crippen molar-refractivity contribution in [3.8, 4) is 0 Å². The fraction of sp³-hybridized carbons (Fsp3) is 0.591. The zero-order chi connectivity index (χ0) is 20.9. The highest BCUT2D eigenvalue weighted by Gasteiger charge is 2.22. The van der Waals surface area contributed by atoms with Crippen LogP contribution in [0.3, 0.4) is 0 Å². The molecule has 4 rings (SSSR count). The van der Waals surface area contributed by atoms with Crippen molar-refractivity contribution in [2.24, 2.45) is 4.99 Å². The Kier molecular flexibility index (Phi) is 6.52. The van der Waals surface area contributed by atoms with Crippen LogP contribution in [-0.2, 0) is 37.3 Å². The summed E-state index contributed by atoms with van der Waals surface area (Å²) in [7, 11) is 3.84. The van der Waals surface area contributed by atoms with Crippen LogP contribution in [0.15, 0.2) is 23.2 Å². The molecule has 30 heavy (non-hydrogen) atoms. The summed E-state index contributed by atoms with van der Waals surface area (Å²) < 4.78 is 7.16. The summed E-state index contributed by atoms with van der Waals surface area (Å²) in [5.41, 5.74) is 4.05. The number of ether oxygens (including phenoxy) is 1. The third kappa shape index (κ3) is 4.75. The van der Waals surface area contributed by atoms with E-state index >= 15 is 0 Å². The maximum absolute atomic E-state index is 5.16. The number of guanidine groups is 1. The van der Waals surface area contributed by atoms with Gasteiger partial charge in [-0.3, -0.25) is 0 Å². The van der Waals surface area contributed by atoms with Gasteiger partial charge in [0.25, 0.3) is 0 Å². The second-order valence-corrected chi connectivity index (χ2v) is 8.12. The van der Waals surface area contributed by atoms with Crippen molar-refractivity contribution in [3.05, 3.63) is 41.0 Å². The van der Waals surface area contributed by atoms with E-state index in [1.807, 2.05) is 4.68 Å². The molecule has 1 atom stereocenters. The fourth-order valence-corrected chi connectivity index (χ4v) is 4.29. The topological polar surface area (TPSA) is 79.6 Å². The molecule has 0 bridgehead atoms. The van der Waals surface area contributed by atoms with Crippen molar-refractivity contribution < 1.29 is 4.74 Å². The minimum atomic E-state index is 0.282. The van der Waals surface area contributed by atoms with E-state index < -0.39 is 0 Å². The van der Waals surface area contributed by atoms with E-state index in [0.29, 0.717) is 13.2 Å². The number of methoxy groups -OCH3 is 1. The molecule has 0 amide bonds. The number of aryl methyl sites for hydroxylation is 2. The number of anilines is 1. The molecular weight excluding hydrogens is 378 g/mol. The van der Waals surface area contributed by atoms with Crippen LogP contribution in [0.4, 0.5) is 5.69 Å². The molecule has 0 spiro atoms. The molecular formula is C22H33N7O. The predicted molar refractivity (Wildman–Crippen MR) is 119 cm³/mol. The summed E-state index contributed by atoms with van der Waals surface area (Å²) >= 11 is 0. The van der Waals surface area contributed by atoms with Gasteiger partial charge in [-0.2, -0.15) is 5.10 Å². The van der Waals surface area contributed by atoms with Crippen molar-refractivity contribution >= 4 is 11.6 Å². The summed E-state index contributed by atoms with van der Waals surface area (Å²) in [4.78, 5) is 11.8. The number of benzene rings is 1. The molecule has 8 heteroatoms. The first-order valence-corrected chi connectivity index (χ1v) is 11.0. The molecule has 2 aliphatic heterocycles. The van der Waals surface area contributed by atoms with Crippen molar-refractivity contribution in [1.82, 2.24) is 25.4 Å². The standard InChI is InChI=1S/C22H33N7O/c1-4-23-22(24-13-16-7-9-19-17(12-16)6-5-11-28(19)2)25-18-8-10-21-26-20(15-30-3)27-29(21)14-18/h7,9,12,18H,4-6,8,10-11,13-15H2,1-3H3,(H2,23,24,25). The molecule has 0 fully saturated rings. The average molecular weight is 412 g/mol. The zero-order valence-corrected chi connectivity index (χ0v) is 18.3. The number of nitrogens with one attached hydrogen (secondary N) is 2. The molecule has 0 saturated heterocycles. The van der Waals surface area contributed by atoms with Crippen LogP contribution in [0.2, 0.25) is 0 Å². The number of hydrogen-bond donors (Lipinski definition) is 2. The van der Waals surface area contributed by atoms with E-state index in [2.05, 4.69) is 57.8 Å². The molecule has 8 nitrogen and oxygen atoms in total. The SMILES string of the molecule is CCNC(=NCc1ccc2c(c1)CCCN2C)NC1CCc2nc(COC)nn2C1. The van der Waals surface area contributed by atoms with Crippen LogP contribution in [0.1, 0.15) is 42.5 Å². The first-order chi connectivity index (χ1) is 14.7. The third-order valence-corrected chi connectivity index (χ3v) is 5.77. The van der Waals surface area contributed by atoms with Crippen molar-refractivity contribution in [2.45, 2.75) is 58.3 Å². The quantitative estimate of drug-likeness (QED) is 0.558. The smallest absolute Gasteiger partial charge is 0.191 e. The molecule has 2 aliphatic rings. The van der Waals surface area contributed by atoms with Gasteiger partial charge in [-0.25, -0.2) is 14.7 Å². The molecule has 3 heterocycles. The third-order valence-electron chi connectivity index (χ3n) is 5.77. The van der Waals surface area contributed by atoms with E-state index in [-0.39, 0.29) is 6.04 Å². The molecule has 0 saturated carbocycles. The maximum Gasteiger partial charge on any atom is 0.191 e. The fourth-order valence-electron chi connectivity index (χ4n) is 4.29. The zero-order valence-electron chi connectivity index (χ0n) is 18.3. The number of nitrogens with zero attached hydrogens (tertiary/aromatic N) is 5. The lowest BCUT2D eigenvalue weighted by Gasteiger charge is -2.28. The van der Waals surface area contributed by atoms with Crippen LogP contribution in [-0.4, -0.2) is 54.0 Å². The Balaban J connectivity index is 1.40. The Morgan fingerprint density at radius 1 is 1.33 bits per heavy atom. The molecule has 162 valence electrons. The Labute approximate surface area is 178 Å². The summed E-state index contributed by atoms with van der Waals surface area (Å²) in [5.74, 6) is 2.66. The van der Waals surface area contributed by atoms with Gasteiger partial charge in [-0.15, -0.1) is 0 Å². The van der Waals surface area contributed by atoms with E-state index in [1.54, 1.807) is 7.11 Å². The second-order valence-electron chi connectivity index (χ2n) is 8.12. The highest BCUT2D eigenvalue weighted by Crippen LogP contribution is 2.27. The van der Waals surface area contributed by atoms with Gasteiger partial charge in [-0.1, -0.05) is 12.1 Å². The number of fused-ring (bicyclic) bond motifs is 2. The summed E-state index contributed by atoms with van der Waals surface area (Å²) in [6.07, 6.45) is 4.30. The summed E-state index contributed by atoms with van der Waals surface area (Å²) in [5, 5.41) is 11.5. The molecule has 0 aliphatic carbocycles. The van der Waals surface area contributed by atoms with E-state index in [4.69, 9.17) is 9.73 Å². The molecule has 1 aromatic heterocycles. The number of aliphatic imine (C=N–C) groups is 1. The van der Waals surface area contributed by atoms with Crippen LogP contribution in [0.25, 0.3) is 0 Å². The first kappa shape index (κ1) is 20.7. The largest absolute Gasteiger partial charge is 0.377 e. The van der Waals surface area contributed by atoms with Crippen molar-refractivity contribution in [2.75, 3.05) is 32.1 Å². The minimum absolute atomic E-state index is 0.282. The van der Waals surface area contributed by atoms with Crippen LogP contribution < -0.4 is 15.5 Å². The van der Waals surface area contributed by atoms with Gasteiger partial charge in [0.1, 0.15) is 12.4 Å². The van der Waals surface area contributed by atoms with Gasteiger partial charge in [-0.05, 0) is 43.4 Å². The predicted octanol–water partition coefficient (Wildman–Crippen LogP) is 1.88. The van der Waals surface area contributed by atoms with Gasteiger partial charge in [0, 0.05) is 45.4 Å². The highest BCUT2D eigenvalue weighted by molar-refractivity contribution is 5.80. The monoisotopic (exact) mass is 411 g/mol. The van der Waals surface area contributed by atoms with Crippen molar-refractivity contribution in [3.63, 3.8) is 0 Å². The number of aromatic nitrogens is 3. The Morgan fingerprint density at radius 2 is 2.23 bits per heavy atom. The Hall–Kier alpha value is -2.61. The average Bonchev–Trinajstić information content (AvgIpc) is 3.14. The van der Waals surface area contributed by atoms with E-state index in [1.165, 1.54) is 23.2 Å². The summed E-state index contributed by atoms with van der Waals surface area (Å²) in [6, 6.07) is 7.04.